The highest BCUT2D eigenvalue weighted by molar-refractivity contribution is 5.29. The summed E-state index contributed by atoms with van der Waals surface area (Å²) in [6.45, 7) is -1.18. The fourth-order valence-electron chi connectivity index (χ4n) is 0.851. The van der Waals surface area contributed by atoms with Gasteiger partial charge in [0.15, 0.2) is 0 Å². The summed E-state index contributed by atoms with van der Waals surface area (Å²) in [5, 5.41) is 0. The zero-order chi connectivity index (χ0) is 10.8. The molecule has 1 aromatic rings. The molecule has 1 nitrogen and oxygen atoms in total. The predicted octanol–water partition coefficient (Wildman–Crippen LogP) is 3.19. The smallest absolute Gasteiger partial charge is 0.406 e. The third-order valence-corrected chi connectivity index (χ3v) is 1.39. The Kier molecular flexibility index (Phi) is 2.93. The normalized spacial score (nSPS) is 11.5. The minimum absolute atomic E-state index is 0.466. The van der Waals surface area contributed by atoms with Crippen LogP contribution in [0.15, 0.2) is 18.2 Å². The number of alkyl halides is 4. The summed E-state index contributed by atoms with van der Waals surface area (Å²) in [5.74, 6) is -1.53. The van der Waals surface area contributed by atoms with Gasteiger partial charge in [0.05, 0.1) is 0 Å². The molecule has 0 aliphatic heterocycles. The number of rotatable bonds is 2. The maximum absolute atomic E-state index is 12.6. The first-order chi connectivity index (χ1) is 6.42. The molecule has 0 bridgehead atoms. The Balaban J connectivity index is 2.90. The first-order valence-electron chi connectivity index (χ1n) is 3.52. The second-order valence-electron chi connectivity index (χ2n) is 2.43. The molecule has 0 aliphatic carbocycles. The quantitative estimate of drug-likeness (QED) is 0.684. The molecule has 0 amide bonds. The fourth-order valence-corrected chi connectivity index (χ4v) is 0.851. The summed E-state index contributed by atoms with van der Waals surface area (Å²) in [4.78, 5) is 0. The van der Waals surface area contributed by atoms with E-state index >= 15 is 0 Å². The number of benzene rings is 1. The molecule has 78 valence electrons. The van der Waals surface area contributed by atoms with Crippen LogP contribution >= 0.6 is 0 Å². The Bertz CT molecular complexity index is 320. The third-order valence-electron chi connectivity index (χ3n) is 1.39. The average Bonchev–Trinajstić information content (AvgIpc) is 2.06. The minimum Gasteiger partial charge on any atom is -0.406 e. The Morgan fingerprint density at radius 1 is 1.21 bits per heavy atom. The van der Waals surface area contributed by atoms with Gasteiger partial charge >= 0.3 is 6.36 Å². The van der Waals surface area contributed by atoms with Crippen molar-refractivity contribution < 1.29 is 26.7 Å². The van der Waals surface area contributed by atoms with Crippen molar-refractivity contribution in [3.63, 3.8) is 0 Å². The van der Waals surface area contributed by atoms with Crippen molar-refractivity contribution >= 4 is 0 Å². The Morgan fingerprint density at radius 3 is 2.36 bits per heavy atom. The van der Waals surface area contributed by atoms with E-state index in [2.05, 4.69) is 4.74 Å². The Labute approximate surface area is 76.1 Å². The minimum atomic E-state index is -4.86. The van der Waals surface area contributed by atoms with Gasteiger partial charge in [0.1, 0.15) is 18.2 Å². The van der Waals surface area contributed by atoms with Crippen LogP contribution in [0.4, 0.5) is 22.0 Å². The lowest BCUT2D eigenvalue weighted by Gasteiger charge is -2.09. The average molecular weight is 212 g/mol. The summed E-state index contributed by atoms with van der Waals surface area (Å²) < 4.78 is 63.1. The second kappa shape index (κ2) is 3.81. The fraction of sp³-hybridized carbons (Fsp3) is 0.250. The zero-order valence-corrected chi connectivity index (χ0v) is 6.74. The molecule has 1 rings (SSSR count). The number of hydrogen-bond acceptors (Lipinski definition) is 1. The van der Waals surface area contributed by atoms with Crippen molar-refractivity contribution in [3.8, 4) is 5.75 Å². The Morgan fingerprint density at radius 2 is 1.86 bits per heavy atom. The molecule has 0 aromatic heterocycles. The zero-order valence-electron chi connectivity index (χ0n) is 6.74. The topological polar surface area (TPSA) is 9.23 Å². The summed E-state index contributed by atoms with van der Waals surface area (Å²) in [7, 11) is 0. The van der Waals surface area contributed by atoms with Gasteiger partial charge in [-0.25, -0.2) is 8.78 Å². The summed E-state index contributed by atoms with van der Waals surface area (Å²) in [5.41, 5.74) is -0.466. The van der Waals surface area contributed by atoms with E-state index in [1.807, 2.05) is 0 Å². The van der Waals surface area contributed by atoms with E-state index < -0.39 is 30.2 Å². The molecule has 0 fully saturated rings. The highest BCUT2D eigenvalue weighted by Crippen LogP contribution is 2.24. The molecule has 0 atom stereocenters. The summed E-state index contributed by atoms with van der Waals surface area (Å²) in [6, 6.07) is 2.17. The van der Waals surface area contributed by atoms with Crippen LogP contribution in [0, 0.1) is 5.82 Å². The molecule has 0 saturated heterocycles. The van der Waals surface area contributed by atoms with Crippen LogP contribution in [-0.4, -0.2) is 6.36 Å². The molecular weight excluding hydrogens is 207 g/mol. The highest BCUT2D eigenvalue weighted by Gasteiger charge is 2.31. The van der Waals surface area contributed by atoms with Crippen molar-refractivity contribution in [2.45, 2.75) is 13.0 Å². The number of hydrogen-bond donors (Lipinski definition) is 0. The van der Waals surface area contributed by atoms with Crippen LogP contribution in [0.1, 0.15) is 5.56 Å². The largest absolute Gasteiger partial charge is 0.573 e. The van der Waals surface area contributed by atoms with Crippen molar-refractivity contribution in [3.05, 3.63) is 29.6 Å². The van der Waals surface area contributed by atoms with Crippen molar-refractivity contribution in [1.82, 2.24) is 0 Å². The molecule has 0 spiro atoms. The van der Waals surface area contributed by atoms with Crippen LogP contribution < -0.4 is 4.74 Å². The third kappa shape index (κ3) is 2.86. The second-order valence-corrected chi connectivity index (χ2v) is 2.43. The van der Waals surface area contributed by atoms with E-state index in [1.54, 1.807) is 0 Å². The lowest BCUT2D eigenvalue weighted by molar-refractivity contribution is -0.274. The molecule has 0 radical (unpaired) electrons. The van der Waals surface area contributed by atoms with Gasteiger partial charge in [0.25, 0.3) is 0 Å². The van der Waals surface area contributed by atoms with Crippen LogP contribution in [0.5, 0.6) is 5.75 Å². The van der Waals surface area contributed by atoms with Gasteiger partial charge < -0.3 is 4.74 Å². The lowest BCUT2D eigenvalue weighted by Crippen LogP contribution is -2.17. The molecular formula is C8H5F5O. The molecule has 0 heterocycles. The van der Waals surface area contributed by atoms with E-state index in [-0.39, 0.29) is 0 Å². The van der Waals surface area contributed by atoms with E-state index in [1.165, 1.54) is 0 Å². The monoisotopic (exact) mass is 212 g/mol. The van der Waals surface area contributed by atoms with Gasteiger partial charge in [-0.3, -0.25) is 0 Å². The molecule has 0 aliphatic rings. The van der Waals surface area contributed by atoms with E-state index in [4.69, 9.17) is 0 Å². The van der Waals surface area contributed by atoms with Crippen molar-refractivity contribution in [2.24, 2.45) is 0 Å². The molecule has 0 saturated carbocycles. The van der Waals surface area contributed by atoms with E-state index in [0.29, 0.717) is 6.07 Å². The Hall–Kier alpha value is -1.33. The van der Waals surface area contributed by atoms with E-state index in [9.17, 15) is 22.0 Å². The first kappa shape index (κ1) is 10.7. The van der Waals surface area contributed by atoms with Gasteiger partial charge in [-0.2, -0.15) is 0 Å². The molecule has 6 heteroatoms. The molecule has 0 unspecified atom stereocenters. The summed E-state index contributed by atoms with van der Waals surface area (Å²) >= 11 is 0. The van der Waals surface area contributed by atoms with Gasteiger partial charge in [-0.1, -0.05) is 0 Å². The van der Waals surface area contributed by atoms with Crippen LogP contribution in [0.25, 0.3) is 0 Å². The van der Waals surface area contributed by atoms with E-state index in [0.717, 1.165) is 12.1 Å². The van der Waals surface area contributed by atoms with Gasteiger partial charge in [0.2, 0.25) is 0 Å². The standard InChI is InChI=1S/C8H5F5O/c9-4-5-3-6(1-2-7(5)10)14-8(11,12)13/h1-3H,4H2. The molecule has 1 aromatic carbocycles. The van der Waals surface area contributed by atoms with Crippen molar-refractivity contribution in [2.75, 3.05) is 0 Å². The maximum Gasteiger partial charge on any atom is 0.573 e. The van der Waals surface area contributed by atoms with Crippen LogP contribution in [0.3, 0.4) is 0 Å². The molecule has 14 heavy (non-hydrogen) atoms. The maximum atomic E-state index is 12.6. The van der Waals surface area contributed by atoms with Gasteiger partial charge in [-0.05, 0) is 18.2 Å². The molecule has 0 N–H and O–H groups in total. The first-order valence-corrected chi connectivity index (χ1v) is 3.52. The van der Waals surface area contributed by atoms with Crippen molar-refractivity contribution in [1.29, 1.82) is 0 Å². The number of halogens is 5. The summed E-state index contributed by atoms with van der Waals surface area (Å²) in [6.07, 6.45) is -4.86. The van der Waals surface area contributed by atoms with Crippen LogP contribution in [-0.2, 0) is 6.67 Å². The number of ether oxygens (including phenoxy) is 1. The van der Waals surface area contributed by atoms with Crippen LogP contribution in [0.2, 0.25) is 0 Å². The SMILES string of the molecule is FCc1cc(OC(F)(F)F)ccc1F. The van der Waals surface area contributed by atoms with Gasteiger partial charge in [0, 0.05) is 5.56 Å². The highest BCUT2D eigenvalue weighted by atomic mass is 19.4. The lowest BCUT2D eigenvalue weighted by atomic mass is 10.2. The van der Waals surface area contributed by atoms with Gasteiger partial charge in [-0.15, -0.1) is 13.2 Å². The predicted molar refractivity (Wildman–Crippen MR) is 37.9 cm³/mol.